The fourth-order valence-electron chi connectivity index (χ4n) is 8.39. The van der Waals surface area contributed by atoms with Crippen molar-refractivity contribution in [1.82, 2.24) is 0 Å². The van der Waals surface area contributed by atoms with Crippen molar-refractivity contribution in [3.05, 3.63) is 122 Å². The molecule has 1 aliphatic heterocycles. The highest BCUT2D eigenvalue weighted by Gasteiger charge is 2.50. The summed E-state index contributed by atoms with van der Waals surface area (Å²) in [7, 11) is 0. The van der Waals surface area contributed by atoms with Gasteiger partial charge >= 0.3 is 23.9 Å². The number of esters is 3. The van der Waals surface area contributed by atoms with Crippen LogP contribution in [0, 0.1) is 0 Å². The van der Waals surface area contributed by atoms with Crippen LogP contribution < -0.4 is 0 Å². The predicted molar refractivity (Wildman–Crippen MR) is 321 cm³/mol. The summed E-state index contributed by atoms with van der Waals surface area (Å²) in [5, 5.41) is 31.5. The molecule has 6 atom stereocenters. The summed E-state index contributed by atoms with van der Waals surface area (Å²) in [5.74, 6) is -3.24. The van der Waals surface area contributed by atoms with Crippen LogP contribution in [0.15, 0.2) is 122 Å². The lowest BCUT2D eigenvalue weighted by Crippen LogP contribution is -2.61. The normalized spacial score (nSPS) is 18.7. The molecule has 0 amide bonds. The van der Waals surface area contributed by atoms with E-state index in [9.17, 15) is 34.5 Å². The van der Waals surface area contributed by atoms with Crippen molar-refractivity contribution in [2.45, 2.75) is 263 Å². The number of hydrogen-bond acceptors (Lipinski definition) is 11. The second-order valence-electron chi connectivity index (χ2n) is 20.2. The lowest BCUT2D eigenvalue weighted by atomic mass is 9.98. The summed E-state index contributed by atoms with van der Waals surface area (Å²) in [5.41, 5.74) is 0. The van der Waals surface area contributed by atoms with E-state index >= 15 is 0 Å². The Morgan fingerprint density at radius 2 is 0.810 bits per heavy atom. The minimum atomic E-state index is -1.92. The van der Waals surface area contributed by atoms with Crippen LogP contribution in [-0.2, 0) is 42.9 Å². The van der Waals surface area contributed by atoms with Crippen molar-refractivity contribution >= 4 is 23.9 Å². The Morgan fingerprint density at radius 1 is 0.430 bits per heavy atom. The van der Waals surface area contributed by atoms with Gasteiger partial charge in [-0.1, -0.05) is 206 Å². The maximum absolute atomic E-state index is 13.2. The van der Waals surface area contributed by atoms with Gasteiger partial charge in [0.2, 0.25) is 0 Å². The maximum Gasteiger partial charge on any atom is 0.335 e. The molecule has 0 bridgehead atoms. The second kappa shape index (κ2) is 53.7. The van der Waals surface area contributed by atoms with Crippen molar-refractivity contribution in [3.8, 4) is 0 Å². The van der Waals surface area contributed by atoms with E-state index in [0.29, 0.717) is 25.7 Å². The highest BCUT2D eigenvalue weighted by atomic mass is 16.7. The number of aliphatic hydroxyl groups is 2. The summed E-state index contributed by atoms with van der Waals surface area (Å²) in [4.78, 5) is 51.2. The molecule has 1 rings (SSSR count). The van der Waals surface area contributed by atoms with Gasteiger partial charge in [0.1, 0.15) is 18.8 Å². The molecular formula is C67H106O12. The monoisotopic (exact) mass is 1100 g/mol. The zero-order chi connectivity index (χ0) is 57.5. The Hall–Kier alpha value is -4.88. The number of ether oxygens (including phenoxy) is 5. The Kier molecular flexibility index (Phi) is 49.1. The van der Waals surface area contributed by atoms with Crippen molar-refractivity contribution in [1.29, 1.82) is 0 Å². The fraction of sp³-hybridized carbons (Fsp3) is 0.642. The van der Waals surface area contributed by atoms with Crippen molar-refractivity contribution in [3.63, 3.8) is 0 Å². The van der Waals surface area contributed by atoms with Crippen molar-refractivity contribution in [2.24, 2.45) is 0 Å². The SMILES string of the molecule is CC/C=C\C/C=C\C/C=C\C/C=C\C/C=C\CCCC(=O)OCC(COC1OC(C(=O)O)C(O)C(O)C1OC(=O)CCCCCCC/C=C\C/C=C\CCCCC)OC(=O)CCCCCCCCC/C=C\C/C=C\C/C=C\CC. The Balaban J connectivity index is 2.75. The molecule has 1 fully saturated rings. The van der Waals surface area contributed by atoms with Crippen LogP contribution >= 0.6 is 0 Å². The largest absolute Gasteiger partial charge is 0.479 e. The smallest absolute Gasteiger partial charge is 0.335 e. The van der Waals surface area contributed by atoms with Crippen LogP contribution in [0.2, 0.25) is 0 Å². The molecule has 1 heterocycles. The van der Waals surface area contributed by atoms with E-state index in [1.807, 2.05) is 6.08 Å². The number of allylic oxidation sites excluding steroid dienone is 20. The standard InChI is InChI=1S/C67H106O12/c1-4-7-10-13-16-19-22-25-28-30-33-35-38-41-44-47-50-53-59(68)75-56-58(77-60(69)54-51-48-45-42-39-37-34-31-29-26-23-20-17-14-11-8-5-2)57-76-67-65(63(72)62(71)64(79-67)66(73)74)78-61(70)55-52-49-46-43-40-36-32-27-24-21-18-15-12-9-6-3/h7-8,10-11,16-21,25-29,32-33,35,41,44,58,62-65,67,71-72H,4-6,9,12-15,22-24,30-31,34,36-40,42-43,45-57H2,1-3H3,(H,73,74)/b10-7-,11-8-,19-16-,20-17-,21-18-,28-25-,29-26-,32-27-,35-33-,44-41-. The van der Waals surface area contributed by atoms with Gasteiger partial charge in [-0.15, -0.1) is 0 Å². The number of carboxylic acid groups (broad SMARTS) is 1. The minimum Gasteiger partial charge on any atom is -0.479 e. The second-order valence-corrected chi connectivity index (χ2v) is 20.2. The van der Waals surface area contributed by atoms with Crippen molar-refractivity contribution < 1.29 is 58.2 Å². The zero-order valence-electron chi connectivity index (χ0n) is 49.1. The predicted octanol–water partition coefficient (Wildman–Crippen LogP) is 16.0. The van der Waals surface area contributed by atoms with Crippen molar-refractivity contribution in [2.75, 3.05) is 13.2 Å². The lowest BCUT2D eigenvalue weighted by Gasteiger charge is -2.40. The molecule has 446 valence electrons. The molecule has 79 heavy (non-hydrogen) atoms. The number of aliphatic carboxylic acids is 1. The summed E-state index contributed by atoms with van der Waals surface area (Å²) < 4.78 is 28.4. The topological polar surface area (TPSA) is 175 Å². The van der Waals surface area contributed by atoms with Gasteiger partial charge < -0.3 is 39.0 Å². The van der Waals surface area contributed by atoms with E-state index in [1.54, 1.807) is 0 Å². The van der Waals surface area contributed by atoms with E-state index in [2.05, 4.69) is 136 Å². The average molecular weight is 1100 g/mol. The number of carboxylic acids is 1. The van der Waals surface area contributed by atoms with Crippen LogP contribution in [0.3, 0.4) is 0 Å². The number of hydrogen-bond donors (Lipinski definition) is 3. The molecule has 0 aromatic heterocycles. The van der Waals surface area contributed by atoms with Gasteiger partial charge in [0, 0.05) is 19.3 Å². The van der Waals surface area contributed by atoms with Crippen LogP contribution in [0.4, 0.5) is 0 Å². The molecule has 1 saturated heterocycles. The van der Waals surface area contributed by atoms with E-state index in [-0.39, 0.29) is 25.9 Å². The summed E-state index contributed by atoms with van der Waals surface area (Å²) in [6.07, 6.45) is 61.6. The van der Waals surface area contributed by atoms with Gasteiger partial charge in [0.05, 0.1) is 6.61 Å². The molecule has 12 nitrogen and oxygen atoms in total. The average Bonchev–Trinajstić information content (AvgIpc) is 3.46. The molecule has 0 aromatic rings. The van der Waals surface area contributed by atoms with E-state index in [4.69, 9.17) is 23.7 Å². The third-order valence-electron chi connectivity index (χ3n) is 13.0. The number of aliphatic hydroxyl groups excluding tert-OH is 2. The summed E-state index contributed by atoms with van der Waals surface area (Å²) in [6.45, 7) is 5.67. The van der Waals surface area contributed by atoms with E-state index < -0.39 is 67.3 Å². The van der Waals surface area contributed by atoms with E-state index in [0.717, 1.165) is 141 Å². The number of unbranched alkanes of at least 4 members (excludes halogenated alkanes) is 16. The molecule has 0 radical (unpaired) electrons. The fourth-order valence-corrected chi connectivity index (χ4v) is 8.39. The first-order valence-corrected chi connectivity index (χ1v) is 30.5. The van der Waals surface area contributed by atoms with Crippen LogP contribution in [-0.4, -0.2) is 89.2 Å². The molecule has 0 spiro atoms. The number of carbonyl (C=O) groups excluding carboxylic acids is 3. The first kappa shape index (κ1) is 72.1. The molecule has 6 unspecified atom stereocenters. The van der Waals surface area contributed by atoms with Gasteiger partial charge in [-0.3, -0.25) is 14.4 Å². The highest BCUT2D eigenvalue weighted by molar-refractivity contribution is 5.74. The molecular weight excluding hydrogens is 997 g/mol. The Morgan fingerprint density at radius 3 is 1.25 bits per heavy atom. The molecule has 0 aliphatic carbocycles. The maximum atomic E-state index is 13.2. The third-order valence-corrected chi connectivity index (χ3v) is 13.0. The minimum absolute atomic E-state index is 0.0316. The third kappa shape index (κ3) is 43.6. The van der Waals surface area contributed by atoms with Gasteiger partial charge in [-0.05, 0) is 122 Å². The lowest BCUT2D eigenvalue weighted by molar-refractivity contribution is -0.301. The first-order chi connectivity index (χ1) is 38.6. The van der Waals surface area contributed by atoms with Crippen LogP contribution in [0.25, 0.3) is 0 Å². The van der Waals surface area contributed by atoms with Gasteiger partial charge in [0.25, 0.3) is 0 Å². The van der Waals surface area contributed by atoms with Gasteiger partial charge in [-0.2, -0.15) is 0 Å². The molecule has 3 N–H and O–H groups in total. The Bertz CT molecular complexity index is 1840. The molecule has 1 aliphatic rings. The van der Waals surface area contributed by atoms with Crippen LogP contribution in [0.5, 0.6) is 0 Å². The zero-order valence-corrected chi connectivity index (χ0v) is 49.1. The summed E-state index contributed by atoms with van der Waals surface area (Å²) >= 11 is 0. The molecule has 0 saturated carbocycles. The number of rotatable bonds is 50. The summed E-state index contributed by atoms with van der Waals surface area (Å²) in [6, 6.07) is 0. The van der Waals surface area contributed by atoms with Crippen LogP contribution in [0.1, 0.15) is 226 Å². The number of carbonyl (C=O) groups is 4. The van der Waals surface area contributed by atoms with Gasteiger partial charge in [-0.25, -0.2) is 4.79 Å². The molecule has 0 aromatic carbocycles. The molecule has 12 heteroatoms. The van der Waals surface area contributed by atoms with Gasteiger partial charge in [0.15, 0.2) is 24.6 Å². The quantitative estimate of drug-likeness (QED) is 0.0228. The Labute approximate surface area is 478 Å². The first-order valence-electron chi connectivity index (χ1n) is 30.5. The highest BCUT2D eigenvalue weighted by Crippen LogP contribution is 2.26. The van der Waals surface area contributed by atoms with E-state index in [1.165, 1.54) is 19.3 Å².